The van der Waals surface area contributed by atoms with Crippen molar-refractivity contribution in [3.8, 4) is 0 Å². The van der Waals surface area contributed by atoms with Gasteiger partial charge in [-0.1, -0.05) is 23.5 Å². The van der Waals surface area contributed by atoms with E-state index >= 15 is 0 Å². The SMILES string of the molecule is [CH2]c1cccc2nc(N)sc12. The van der Waals surface area contributed by atoms with E-state index in [2.05, 4.69) is 11.9 Å². The molecule has 1 heterocycles. The minimum atomic E-state index is 0.608. The molecule has 0 bridgehead atoms. The van der Waals surface area contributed by atoms with Crippen LogP contribution in [0.5, 0.6) is 0 Å². The van der Waals surface area contributed by atoms with Crippen LogP contribution in [0.15, 0.2) is 18.2 Å². The highest BCUT2D eigenvalue weighted by Gasteiger charge is 2.01. The van der Waals surface area contributed by atoms with Crippen LogP contribution in [0.4, 0.5) is 5.13 Å². The van der Waals surface area contributed by atoms with E-state index < -0.39 is 0 Å². The summed E-state index contributed by atoms with van der Waals surface area (Å²) in [5, 5.41) is 0.608. The predicted octanol–water partition coefficient (Wildman–Crippen LogP) is 2.06. The van der Waals surface area contributed by atoms with E-state index in [0.717, 1.165) is 15.8 Å². The quantitative estimate of drug-likeness (QED) is 0.645. The van der Waals surface area contributed by atoms with Crippen molar-refractivity contribution in [1.82, 2.24) is 4.98 Å². The Morgan fingerprint density at radius 2 is 2.27 bits per heavy atom. The molecule has 0 saturated carbocycles. The van der Waals surface area contributed by atoms with Crippen LogP contribution >= 0.6 is 11.3 Å². The molecule has 11 heavy (non-hydrogen) atoms. The fourth-order valence-corrected chi connectivity index (χ4v) is 1.79. The van der Waals surface area contributed by atoms with Crippen molar-refractivity contribution in [3.63, 3.8) is 0 Å². The van der Waals surface area contributed by atoms with Crippen molar-refractivity contribution in [2.45, 2.75) is 0 Å². The van der Waals surface area contributed by atoms with Gasteiger partial charge in [-0.25, -0.2) is 4.98 Å². The van der Waals surface area contributed by atoms with Gasteiger partial charge in [0.1, 0.15) is 0 Å². The molecule has 1 aromatic carbocycles. The highest BCUT2D eigenvalue weighted by Crippen LogP contribution is 2.25. The highest BCUT2D eigenvalue weighted by atomic mass is 32.1. The Kier molecular flexibility index (Phi) is 1.32. The van der Waals surface area contributed by atoms with Crippen molar-refractivity contribution >= 4 is 26.7 Å². The van der Waals surface area contributed by atoms with Crippen LogP contribution in [-0.4, -0.2) is 4.98 Å². The average Bonchev–Trinajstić information content (AvgIpc) is 2.31. The molecule has 0 atom stereocenters. The van der Waals surface area contributed by atoms with Crippen LogP contribution < -0.4 is 5.73 Å². The predicted molar refractivity (Wildman–Crippen MR) is 48.5 cm³/mol. The first kappa shape index (κ1) is 6.61. The van der Waals surface area contributed by atoms with Crippen molar-refractivity contribution in [2.24, 2.45) is 0 Å². The number of rotatable bonds is 0. The molecule has 0 saturated heterocycles. The summed E-state index contributed by atoms with van der Waals surface area (Å²) in [5.41, 5.74) is 7.48. The zero-order valence-corrected chi connectivity index (χ0v) is 6.69. The Morgan fingerprint density at radius 3 is 3.00 bits per heavy atom. The normalized spacial score (nSPS) is 10.6. The Hall–Kier alpha value is -1.09. The van der Waals surface area contributed by atoms with Crippen molar-refractivity contribution in [1.29, 1.82) is 0 Å². The van der Waals surface area contributed by atoms with Crippen LogP contribution in [-0.2, 0) is 0 Å². The molecular weight excluding hydrogens is 156 g/mol. The van der Waals surface area contributed by atoms with E-state index in [4.69, 9.17) is 5.73 Å². The monoisotopic (exact) mass is 163 g/mol. The number of nitrogens with zero attached hydrogens (tertiary/aromatic N) is 1. The molecule has 0 aliphatic rings. The third-order valence-electron chi connectivity index (χ3n) is 1.51. The van der Waals surface area contributed by atoms with Gasteiger partial charge in [-0.2, -0.15) is 0 Å². The molecule has 0 amide bonds. The van der Waals surface area contributed by atoms with Crippen molar-refractivity contribution in [2.75, 3.05) is 5.73 Å². The maximum atomic E-state index is 5.54. The lowest BCUT2D eigenvalue weighted by Crippen LogP contribution is -1.78. The van der Waals surface area contributed by atoms with Gasteiger partial charge in [-0.3, -0.25) is 0 Å². The van der Waals surface area contributed by atoms with Gasteiger partial charge >= 0.3 is 0 Å². The first-order chi connectivity index (χ1) is 5.27. The van der Waals surface area contributed by atoms with Gasteiger partial charge in [-0.05, 0) is 18.6 Å². The second-order valence-electron chi connectivity index (χ2n) is 2.32. The number of nitrogens with two attached hydrogens (primary N) is 1. The fourth-order valence-electron chi connectivity index (χ4n) is 1.02. The topological polar surface area (TPSA) is 38.9 Å². The first-order valence-electron chi connectivity index (χ1n) is 3.24. The Labute approximate surface area is 68.7 Å². The average molecular weight is 163 g/mol. The summed E-state index contributed by atoms with van der Waals surface area (Å²) in [5.74, 6) is 0. The molecule has 1 aromatic heterocycles. The van der Waals surface area contributed by atoms with Crippen molar-refractivity contribution < 1.29 is 0 Å². The van der Waals surface area contributed by atoms with Gasteiger partial charge in [0.05, 0.1) is 10.2 Å². The second kappa shape index (κ2) is 2.20. The number of aromatic nitrogens is 1. The zero-order valence-electron chi connectivity index (χ0n) is 5.87. The molecule has 55 valence electrons. The summed E-state index contributed by atoms with van der Waals surface area (Å²) >= 11 is 1.48. The molecule has 0 fully saturated rings. The van der Waals surface area contributed by atoms with Gasteiger partial charge in [0.25, 0.3) is 0 Å². The van der Waals surface area contributed by atoms with E-state index in [9.17, 15) is 0 Å². The zero-order chi connectivity index (χ0) is 7.84. The number of benzene rings is 1. The number of nitrogen functional groups attached to an aromatic ring is 1. The Morgan fingerprint density at radius 1 is 1.45 bits per heavy atom. The fraction of sp³-hybridized carbons (Fsp3) is 0. The number of fused-ring (bicyclic) bond motifs is 1. The second-order valence-corrected chi connectivity index (χ2v) is 3.35. The summed E-state index contributed by atoms with van der Waals surface area (Å²) in [4.78, 5) is 4.13. The summed E-state index contributed by atoms with van der Waals surface area (Å²) in [6.45, 7) is 3.88. The molecule has 0 spiro atoms. The standard InChI is InChI=1S/C8H7N2S/c1-5-3-2-4-6-7(5)11-8(9)10-6/h2-4H,1H2,(H2,9,10). The van der Waals surface area contributed by atoms with E-state index in [1.54, 1.807) is 0 Å². The smallest absolute Gasteiger partial charge is 0.181 e. The van der Waals surface area contributed by atoms with Gasteiger partial charge in [0.15, 0.2) is 5.13 Å². The molecule has 0 aliphatic carbocycles. The molecule has 0 unspecified atom stereocenters. The summed E-state index contributed by atoms with van der Waals surface area (Å²) < 4.78 is 1.09. The van der Waals surface area contributed by atoms with Crippen LogP contribution in [0.1, 0.15) is 5.56 Å². The lowest BCUT2D eigenvalue weighted by atomic mass is 10.2. The minimum Gasteiger partial charge on any atom is -0.375 e. The molecular formula is C8H7N2S. The van der Waals surface area contributed by atoms with Gasteiger partial charge in [0.2, 0.25) is 0 Å². The first-order valence-corrected chi connectivity index (χ1v) is 4.06. The minimum absolute atomic E-state index is 0.608. The van der Waals surface area contributed by atoms with E-state index in [1.165, 1.54) is 11.3 Å². The molecule has 3 heteroatoms. The Balaban J connectivity index is 2.90. The summed E-state index contributed by atoms with van der Waals surface area (Å²) in [7, 11) is 0. The number of hydrogen-bond acceptors (Lipinski definition) is 3. The van der Waals surface area contributed by atoms with E-state index in [1.807, 2.05) is 18.2 Å². The maximum absolute atomic E-state index is 5.54. The third-order valence-corrected chi connectivity index (χ3v) is 2.49. The van der Waals surface area contributed by atoms with E-state index in [0.29, 0.717) is 5.13 Å². The van der Waals surface area contributed by atoms with Gasteiger partial charge in [-0.15, -0.1) is 0 Å². The largest absolute Gasteiger partial charge is 0.375 e. The molecule has 2 rings (SSSR count). The lowest BCUT2D eigenvalue weighted by molar-refractivity contribution is 1.49. The molecule has 2 nitrogen and oxygen atoms in total. The van der Waals surface area contributed by atoms with Crippen LogP contribution in [0.25, 0.3) is 10.2 Å². The van der Waals surface area contributed by atoms with Gasteiger partial charge < -0.3 is 5.73 Å². The van der Waals surface area contributed by atoms with Crippen molar-refractivity contribution in [3.05, 3.63) is 30.7 Å². The van der Waals surface area contributed by atoms with Crippen LogP contribution in [0.3, 0.4) is 0 Å². The molecule has 1 radical (unpaired) electrons. The Bertz CT molecular complexity index is 392. The van der Waals surface area contributed by atoms with Gasteiger partial charge in [0, 0.05) is 0 Å². The highest BCUT2D eigenvalue weighted by molar-refractivity contribution is 7.22. The summed E-state index contributed by atoms with van der Waals surface area (Å²) in [6, 6.07) is 5.83. The molecule has 0 aliphatic heterocycles. The number of thiazole rings is 1. The molecule has 2 aromatic rings. The van der Waals surface area contributed by atoms with E-state index in [-0.39, 0.29) is 0 Å². The molecule has 2 N–H and O–H groups in total. The maximum Gasteiger partial charge on any atom is 0.181 e. The van der Waals surface area contributed by atoms with Crippen LogP contribution in [0.2, 0.25) is 0 Å². The number of anilines is 1. The lowest BCUT2D eigenvalue weighted by Gasteiger charge is -1.89. The third kappa shape index (κ3) is 0.973. The van der Waals surface area contributed by atoms with Crippen LogP contribution in [0, 0.1) is 6.92 Å². The summed E-state index contributed by atoms with van der Waals surface area (Å²) in [6.07, 6.45) is 0. The number of hydrogen-bond donors (Lipinski definition) is 1.